The molecular weight excluding hydrogens is 478 g/mol. The zero-order valence-electron chi connectivity index (χ0n) is 16.9. The number of ether oxygens (including phenoxy) is 1. The van der Waals surface area contributed by atoms with E-state index in [9.17, 15) is 34.8 Å². The number of hydrogen-bond donors (Lipinski definition) is 0. The zero-order chi connectivity index (χ0) is 24.3. The van der Waals surface area contributed by atoms with Crippen molar-refractivity contribution in [3.05, 3.63) is 59.7 Å². The summed E-state index contributed by atoms with van der Waals surface area (Å²) in [5.74, 6) is -0.825. The van der Waals surface area contributed by atoms with Crippen LogP contribution < -0.4 is 4.74 Å². The monoisotopic (exact) mass is 496 g/mol. The predicted molar refractivity (Wildman–Crippen MR) is 105 cm³/mol. The third-order valence-electron chi connectivity index (χ3n) is 4.67. The van der Waals surface area contributed by atoms with Gasteiger partial charge in [-0.25, -0.2) is 8.42 Å². The molecule has 0 saturated carbocycles. The fourth-order valence-corrected chi connectivity index (χ4v) is 4.68. The number of rotatable bonds is 6. The quantitative estimate of drug-likeness (QED) is 0.419. The molecule has 0 radical (unpaired) electrons. The van der Waals surface area contributed by atoms with Crippen LogP contribution in [0.25, 0.3) is 0 Å². The molecule has 1 fully saturated rings. The van der Waals surface area contributed by atoms with E-state index in [1.807, 2.05) is 0 Å². The molecule has 0 aliphatic carbocycles. The van der Waals surface area contributed by atoms with Gasteiger partial charge in [0.2, 0.25) is 10.0 Å². The fraction of sp³-hybridized carbons (Fsp3) is 0.350. The molecule has 0 atom stereocenters. The van der Waals surface area contributed by atoms with Crippen molar-refractivity contribution in [3.8, 4) is 5.75 Å². The number of piperidine rings is 1. The van der Waals surface area contributed by atoms with Crippen molar-refractivity contribution in [1.82, 2.24) is 4.31 Å². The van der Waals surface area contributed by atoms with Crippen molar-refractivity contribution >= 4 is 15.7 Å². The highest BCUT2D eigenvalue weighted by molar-refractivity contribution is 7.89. The van der Waals surface area contributed by atoms with E-state index < -0.39 is 38.8 Å². The Bertz CT molecular complexity index is 1110. The van der Waals surface area contributed by atoms with E-state index in [-0.39, 0.29) is 38.1 Å². The van der Waals surface area contributed by atoms with Crippen LogP contribution in [-0.2, 0) is 27.6 Å². The van der Waals surface area contributed by atoms with Gasteiger partial charge in [-0.3, -0.25) is 0 Å². The minimum Gasteiger partial charge on any atom is -0.404 e. The first-order valence-electron chi connectivity index (χ1n) is 9.55. The topological polar surface area (TPSA) is 68.2 Å². The summed E-state index contributed by atoms with van der Waals surface area (Å²) in [6.45, 7) is -0.333. The summed E-state index contributed by atoms with van der Waals surface area (Å²) >= 11 is 0. The van der Waals surface area contributed by atoms with Crippen LogP contribution in [0.5, 0.6) is 5.75 Å². The maximum absolute atomic E-state index is 12.8. The van der Waals surface area contributed by atoms with Crippen LogP contribution in [0.2, 0.25) is 0 Å². The molecule has 2 aromatic rings. The van der Waals surface area contributed by atoms with Crippen molar-refractivity contribution in [2.24, 2.45) is 5.16 Å². The Hall–Kier alpha value is -2.80. The summed E-state index contributed by atoms with van der Waals surface area (Å²) in [6, 6.07) is 9.02. The SMILES string of the molecule is O=S(=O)(c1ccccc1OC(F)(F)F)N1CCC(=NOCc2cccc(C(F)(F)F)c2)CC1. The summed E-state index contributed by atoms with van der Waals surface area (Å²) < 4.78 is 107. The smallest absolute Gasteiger partial charge is 0.404 e. The molecule has 3 rings (SSSR count). The highest BCUT2D eigenvalue weighted by Gasteiger charge is 2.36. The number of alkyl halides is 6. The molecule has 1 aliphatic heterocycles. The maximum Gasteiger partial charge on any atom is 0.573 e. The molecule has 0 N–H and O–H groups in total. The van der Waals surface area contributed by atoms with E-state index in [2.05, 4.69) is 9.89 Å². The summed E-state index contributed by atoms with van der Waals surface area (Å²) in [5.41, 5.74) is -0.0757. The first-order valence-corrected chi connectivity index (χ1v) is 11.0. The van der Waals surface area contributed by atoms with Gasteiger partial charge in [-0.15, -0.1) is 13.2 Å². The molecule has 180 valence electrons. The Balaban J connectivity index is 1.61. The molecule has 2 aromatic carbocycles. The van der Waals surface area contributed by atoms with Gasteiger partial charge in [-0.05, 0) is 29.8 Å². The first-order chi connectivity index (χ1) is 15.4. The second kappa shape index (κ2) is 9.59. The highest BCUT2D eigenvalue weighted by Crippen LogP contribution is 2.32. The number of halogens is 6. The van der Waals surface area contributed by atoms with Crippen molar-refractivity contribution in [3.63, 3.8) is 0 Å². The van der Waals surface area contributed by atoms with Crippen LogP contribution >= 0.6 is 0 Å². The Labute approximate surface area is 185 Å². The molecule has 1 aliphatic rings. The standard InChI is InChI=1S/C20H18F6N2O4S/c21-19(22,23)15-5-3-4-14(12-15)13-31-27-16-8-10-28(11-9-16)33(29,30)18-7-2-1-6-17(18)32-20(24,25)26/h1-7,12H,8-11,13H2. The fourth-order valence-electron chi connectivity index (χ4n) is 3.12. The van der Waals surface area contributed by atoms with Gasteiger partial charge >= 0.3 is 12.5 Å². The number of para-hydroxylation sites is 1. The summed E-state index contributed by atoms with van der Waals surface area (Å²) in [4.78, 5) is 4.51. The molecule has 1 heterocycles. The maximum atomic E-state index is 12.8. The molecule has 6 nitrogen and oxygen atoms in total. The lowest BCUT2D eigenvalue weighted by molar-refractivity contribution is -0.275. The summed E-state index contributed by atoms with van der Waals surface area (Å²) in [5, 5.41) is 3.87. The summed E-state index contributed by atoms with van der Waals surface area (Å²) in [6.07, 6.45) is -9.25. The van der Waals surface area contributed by atoms with Crippen LogP contribution in [0.3, 0.4) is 0 Å². The molecular formula is C20H18F6N2O4S. The predicted octanol–water partition coefficient (Wildman–Crippen LogP) is 4.96. The number of hydrogen-bond acceptors (Lipinski definition) is 5. The molecule has 33 heavy (non-hydrogen) atoms. The highest BCUT2D eigenvalue weighted by atomic mass is 32.2. The van der Waals surface area contributed by atoms with Gasteiger partial charge in [0.25, 0.3) is 0 Å². The Morgan fingerprint density at radius 1 is 0.939 bits per heavy atom. The molecule has 0 amide bonds. The van der Waals surface area contributed by atoms with Gasteiger partial charge in [0.15, 0.2) is 0 Å². The molecule has 13 heteroatoms. The molecule has 0 aromatic heterocycles. The molecule has 0 spiro atoms. The molecule has 0 unspecified atom stereocenters. The van der Waals surface area contributed by atoms with Crippen LogP contribution in [0, 0.1) is 0 Å². The average Bonchev–Trinajstić information content (AvgIpc) is 2.73. The van der Waals surface area contributed by atoms with E-state index in [0.717, 1.165) is 28.6 Å². The second-order valence-corrected chi connectivity index (χ2v) is 8.93. The Kier molecular flexibility index (Phi) is 7.22. The van der Waals surface area contributed by atoms with Gasteiger partial charge in [0.05, 0.1) is 11.3 Å². The van der Waals surface area contributed by atoms with Crippen LogP contribution in [0.15, 0.2) is 58.6 Å². The van der Waals surface area contributed by atoms with Crippen LogP contribution in [0.1, 0.15) is 24.0 Å². The largest absolute Gasteiger partial charge is 0.573 e. The van der Waals surface area contributed by atoms with Gasteiger partial charge in [0, 0.05) is 25.9 Å². The average molecular weight is 496 g/mol. The number of sulfonamides is 1. The van der Waals surface area contributed by atoms with Crippen molar-refractivity contribution < 1.29 is 44.3 Å². The lowest BCUT2D eigenvalue weighted by Gasteiger charge is -2.27. The van der Waals surface area contributed by atoms with E-state index >= 15 is 0 Å². The minimum absolute atomic E-state index is 0.0611. The number of oxime groups is 1. The normalized spacial score (nSPS) is 15.9. The first kappa shape index (κ1) is 24.8. The number of nitrogens with zero attached hydrogens (tertiary/aromatic N) is 2. The second-order valence-electron chi connectivity index (χ2n) is 7.03. The third kappa shape index (κ3) is 6.60. The number of benzene rings is 2. The van der Waals surface area contributed by atoms with Crippen molar-refractivity contribution in [2.45, 2.75) is 36.9 Å². The lowest BCUT2D eigenvalue weighted by Crippen LogP contribution is -2.39. The van der Waals surface area contributed by atoms with Crippen molar-refractivity contribution in [2.75, 3.05) is 13.1 Å². The molecule has 0 bridgehead atoms. The van der Waals surface area contributed by atoms with E-state index in [1.54, 1.807) is 0 Å². The zero-order valence-corrected chi connectivity index (χ0v) is 17.7. The molecule has 1 saturated heterocycles. The van der Waals surface area contributed by atoms with Crippen LogP contribution in [-0.4, -0.2) is 37.9 Å². The van der Waals surface area contributed by atoms with Gasteiger partial charge in [-0.1, -0.05) is 29.4 Å². The third-order valence-corrected chi connectivity index (χ3v) is 6.61. The Morgan fingerprint density at radius 3 is 2.24 bits per heavy atom. The van der Waals surface area contributed by atoms with Gasteiger partial charge in [-0.2, -0.15) is 17.5 Å². The van der Waals surface area contributed by atoms with Crippen LogP contribution in [0.4, 0.5) is 26.3 Å². The van der Waals surface area contributed by atoms with Gasteiger partial charge < -0.3 is 9.57 Å². The van der Waals surface area contributed by atoms with Gasteiger partial charge in [0.1, 0.15) is 17.3 Å². The van der Waals surface area contributed by atoms with E-state index in [4.69, 9.17) is 4.84 Å². The van der Waals surface area contributed by atoms with E-state index in [1.165, 1.54) is 24.3 Å². The summed E-state index contributed by atoms with van der Waals surface area (Å²) in [7, 11) is -4.26. The van der Waals surface area contributed by atoms with E-state index in [0.29, 0.717) is 5.71 Å². The lowest BCUT2D eigenvalue weighted by atomic mass is 10.1. The minimum atomic E-state index is -5.05. The van der Waals surface area contributed by atoms with Crippen molar-refractivity contribution in [1.29, 1.82) is 0 Å². The Morgan fingerprint density at radius 2 is 1.61 bits per heavy atom.